The van der Waals surface area contributed by atoms with Crippen LogP contribution in [-0.2, 0) is 6.61 Å². The van der Waals surface area contributed by atoms with Crippen LogP contribution in [0.5, 0.6) is 5.75 Å². The Morgan fingerprint density at radius 1 is 1.04 bits per heavy atom. The Kier molecular flexibility index (Phi) is 6.48. The number of benzene rings is 2. The van der Waals surface area contributed by atoms with Crippen LogP contribution in [0, 0.1) is 5.92 Å². The minimum Gasteiger partial charge on any atom is -0.489 e. The first-order valence-corrected chi connectivity index (χ1v) is 9.49. The van der Waals surface area contributed by atoms with Gasteiger partial charge in [-0.15, -0.1) is 0 Å². The predicted octanol–water partition coefficient (Wildman–Crippen LogP) is 4.04. The summed E-state index contributed by atoms with van der Waals surface area (Å²) in [6.07, 6.45) is 2.50. The van der Waals surface area contributed by atoms with Gasteiger partial charge >= 0.3 is 0 Å². The lowest BCUT2D eigenvalue weighted by molar-refractivity contribution is 0.176. The third-order valence-electron chi connectivity index (χ3n) is 5.46. The fraction of sp³-hybridized carbons (Fsp3) is 0.455. The highest BCUT2D eigenvalue weighted by atomic mass is 16.5. The zero-order valence-electron chi connectivity index (χ0n) is 15.2. The Morgan fingerprint density at radius 2 is 1.72 bits per heavy atom. The van der Waals surface area contributed by atoms with Crippen LogP contribution in [0.15, 0.2) is 54.6 Å². The normalized spacial score (nSPS) is 17.4. The maximum Gasteiger partial charge on any atom is 0.119 e. The molecule has 0 saturated carbocycles. The topological polar surface area (TPSA) is 38.5 Å². The van der Waals surface area contributed by atoms with E-state index in [-0.39, 0.29) is 0 Å². The van der Waals surface area contributed by atoms with Crippen molar-refractivity contribution >= 4 is 0 Å². The van der Waals surface area contributed by atoms with Crippen molar-refractivity contribution in [3.05, 3.63) is 65.7 Å². The van der Waals surface area contributed by atoms with Gasteiger partial charge in [-0.05, 0) is 74.1 Å². The van der Waals surface area contributed by atoms with Gasteiger partial charge in [0.1, 0.15) is 12.4 Å². The molecule has 25 heavy (non-hydrogen) atoms. The number of hydrogen-bond donors (Lipinski definition) is 1. The summed E-state index contributed by atoms with van der Waals surface area (Å²) in [7, 11) is 0. The largest absolute Gasteiger partial charge is 0.489 e. The Labute approximate surface area is 151 Å². The molecule has 1 aliphatic rings. The number of ether oxygens (including phenoxy) is 1. The standard InChI is InChI=1S/C22H30N2O/c1-2-24-14-12-20(13-15-24)22(16-23)19-8-10-21(11-9-19)25-17-18-6-4-3-5-7-18/h3-11,20,22H,2,12-17,23H2,1H3. The molecule has 0 bridgehead atoms. The molecule has 1 fully saturated rings. The van der Waals surface area contributed by atoms with E-state index in [0.29, 0.717) is 18.4 Å². The van der Waals surface area contributed by atoms with Crippen molar-refractivity contribution in [3.63, 3.8) is 0 Å². The van der Waals surface area contributed by atoms with E-state index in [1.807, 2.05) is 18.2 Å². The zero-order valence-corrected chi connectivity index (χ0v) is 15.2. The molecule has 0 aromatic heterocycles. The Bertz CT molecular complexity index is 618. The van der Waals surface area contributed by atoms with Crippen LogP contribution < -0.4 is 10.5 Å². The number of nitrogens with zero attached hydrogens (tertiary/aromatic N) is 1. The summed E-state index contributed by atoms with van der Waals surface area (Å²) in [6, 6.07) is 18.8. The van der Waals surface area contributed by atoms with Gasteiger partial charge in [-0.3, -0.25) is 0 Å². The number of nitrogens with two attached hydrogens (primary N) is 1. The molecule has 0 spiro atoms. The molecule has 3 heteroatoms. The van der Waals surface area contributed by atoms with Gasteiger partial charge < -0.3 is 15.4 Å². The molecule has 1 heterocycles. The van der Waals surface area contributed by atoms with Gasteiger partial charge in [-0.1, -0.05) is 49.4 Å². The molecule has 134 valence electrons. The van der Waals surface area contributed by atoms with Crippen molar-refractivity contribution in [3.8, 4) is 5.75 Å². The molecule has 1 unspecified atom stereocenters. The van der Waals surface area contributed by atoms with Crippen molar-refractivity contribution < 1.29 is 4.74 Å². The summed E-state index contributed by atoms with van der Waals surface area (Å²) in [4.78, 5) is 2.53. The minimum atomic E-state index is 0.460. The van der Waals surface area contributed by atoms with E-state index in [9.17, 15) is 0 Å². The number of hydrogen-bond acceptors (Lipinski definition) is 3. The highest BCUT2D eigenvalue weighted by molar-refractivity contribution is 5.30. The molecule has 3 nitrogen and oxygen atoms in total. The predicted molar refractivity (Wildman–Crippen MR) is 104 cm³/mol. The Balaban J connectivity index is 1.58. The lowest BCUT2D eigenvalue weighted by Crippen LogP contribution is -2.36. The van der Waals surface area contributed by atoms with Crippen LogP contribution in [-0.4, -0.2) is 31.1 Å². The van der Waals surface area contributed by atoms with Crippen LogP contribution in [0.3, 0.4) is 0 Å². The summed E-state index contributed by atoms with van der Waals surface area (Å²) in [5, 5.41) is 0. The number of piperidine rings is 1. The third-order valence-corrected chi connectivity index (χ3v) is 5.46. The van der Waals surface area contributed by atoms with Crippen molar-refractivity contribution in [2.24, 2.45) is 11.7 Å². The van der Waals surface area contributed by atoms with E-state index in [1.54, 1.807) is 0 Å². The molecular weight excluding hydrogens is 308 g/mol. The van der Waals surface area contributed by atoms with Crippen molar-refractivity contribution in [2.75, 3.05) is 26.2 Å². The molecule has 2 aromatic rings. The third kappa shape index (κ3) is 4.83. The van der Waals surface area contributed by atoms with Gasteiger partial charge in [-0.2, -0.15) is 0 Å². The van der Waals surface area contributed by atoms with E-state index in [2.05, 4.69) is 48.2 Å². The number of rotatable bonds is 7. The van der Waals surface area contributed by atoms with Gasteiger partial charge in [0.15, 0.2) is 0 Å². The van der Waals surface area contributed by atoms with Crippen LogP contribution in [0.2, 0.25) is 0 Å². The summed E-state index contributed by atoms with van der Waals surface area (Å²) >= 11 is 0. The lowest BCUT2D eigenvalue weighted by atomic mass is 9.80. The first-order chi connectivity index (χ1) is 12.3. The van der Waals surface area contributed by atoms with E-state index >= 15 is 0 Å². The van der Waals surface area contributed by atoms with Crippen molar-refractivity contribution in [2.45, 2.75) is 32.3 Å². The summed E-state index contributed by atoms with van der Waals surface area (Å²) in [5.41, 5.74) is 8.67. The molecule has 0 amide bonds. The summed E-state index contributed by atoms with van der Waals surface area (Å²) in [6.45, 7) is 7.14. The molecule has 2 N–H and O–H groups in total. The summed E-state index contributed by atoms with van der Waals surface area (Å²) < 4.78 is 5.90. The SMILES string of the molecule is CCN1CCC(C(CN)c2ccc(OCc3ccccc3)cc2)CC1. The first kappa shape index (κ1) is 18.0. The van der Waals surface area contributed by atoms with Crippen LogP contribution in [0.1, 0.15) is 36.8 Å². The van der Waals surface area contributed by atoms with Gasteiger partial charge in [0.25, 0.3) is 0 Å². The zero-order chi connectivity index (χ0) is 17.5. The second-order valence-electron chi connectivity index (χ2n) is 6.96. The molecule has 0 radical (unpaired) electrons. The van der Waals surface area contributed by atoms with E-state index in [1.165, 1.54) is 37.1 Å². The first-order valence-electron chi connectivity index (χ1n) is 9.49. The van der Waals surface area contributed by atoms with E-state index in [4.69, 9.17) is 10.5 Å². The van der Waals surface area contributed by atoms with E-state index in [0.717, 1.165) is 18.8 Å². The molecular formula is C22H30N2O. The maximum absolute atomic E-state index is 6.13. The second kappa shape index (κ2) is 9.02. The van der Waals surface area contributed by atoms with Crippen LogP contribution in [0.25, 0.3) is 0 Å². The average molecular weight is 338 g/mol. The maximum atomic E-state index is 6.13. The smallest absolute Gasteiger partial charge is 0.119 e. The summed E-state index contributed by atoms with van der Waals surface area (Å²) in [5.74, 6) is 2.08. The van der Waals surface area contributed by atoms with Crippen LogP contribution >= 0.6 is 0 Å². The highest BCUT2D eigenvalue weighted by Gasteiger charge is 2.26. The molecule has 2 aromatic carbocycles. The minimum absolute atomic E-state index is 0.460. The van der Waals surface area contributed by atoms with Gasteiger partial charge in [0.2, 0.25) is 0 Å². The van der Waals surface area contributed by atoms with Gasteiger partial charge in [0.05, 0.1) is 0 Å². The molecule has 0 aliphatic carbocycles. The Hall–Kier alpha value is -1.84. The number of likely N-dealkylation sites (tertiary alicyclic amines) is 1. The molecule has 1 aliphatic heterocycles. The molecule has 1 atom stereocenters. The van der Waals surface area contributed by atoms with Gasteiger partial charge in [0, 0.05) is 0 Å². The van der Waals surface area contributed by atoms with Crippen molar-refractivity contribution in [1.29, 1.82) is 0 Å². The fourth-order valence-electron chi connectivity index (χ4n) is 3.82. The monoisotopic (exact) mass is 338 g/mol. The quantitative estimate of drug-likeness (QED) is 0.828. The van der Waals surface area contributed by atoms with E-state index < -0.39 is 0 Å². The van der Waals surface area contributed by atoms with Gasteiger partial charge in [-0.25, -0.2) is 0 Å². The fourth-order valence-corrected chi connectivity index (χ4v) is 3.82. The van der Waals surface area contributed by atoms with Crippen LogP contribution in [0.4, 0.5) is 0 Å². The highest BCUT2D eigenvalue weighted by Crippen LogP contribution is 2.32. The average Bonchev–Trinajstić information content (AvgIpc) is 2.69. The molecule has 1 saturated heterocycles. The Morgan fingerprint density at radius 3 is 2.32 bits per heavy atom. The molecule has 3 rings (SSSR count). The lowest BCUT2D eigenvalue weighted by Gasteiger charge is -2.35. The second-order valence-corrected chi connectivity index (χ2v) is 6.96. The van der Waals surface area contributed by atoms with Crippen molar-refractivity contribution in [1.82, 2.24) is 4.90 Å².